The summed E-state index contributed by atoms with van der Waals surface area (Å²) in [5.74, 6) is 0.379. The first-order valence-electron chi connectivity index (χ1n) is 11.9. The lowest BCUT2D eigenvalue weighted by atomic mass is 10.2. The van der Waals surface area contributed by atoms with Gasteiger partial charge < -0.3 is 29.2 Å². The van der Waals surface area contributed by atoms with Crippen molar-refractivity contribution in [1.29, 1.82) is 0 Å². The summed E-state index contributed by atoms with van der Waals surface area (Å²) in [5, 5.41) is 23.3. The van der Waals surface area contributed by atoms with Gasteiger partial charge in [-0.05, 0) is 160 Å². The molecule has 0 saturated carbocycles. The topological polar surface area (TPSA) is 77.4 Å². The molecule has 5 rings (SSSR count). The van der Waals surface area contributed by atoms with E-state index in [1.54, 1.807) is 48.5 Å². The Morgan fingerprint density at radius 2 is 0.625 bits per heavy atom. The van der Waals surface area contributed by atoms with Gasteiger partial charge in [-0.25, -0.2) is 0 Å². The van der Waals surface area contributed by atoms with Crippen LogP contribution in [0.4, 0.5) is 0 Å². The Balaban J connectivity index is 1.69. The fraction of sp³-hybridized carbons (Fsp3) is 0.0323. The van der Waals surface area contributed by atoms with Crippen LogP contribution in [0, 0.1) is 17.6 Å². The third-order valence-corrected chi connectivity index (χ3v) is 7.77. The first-order valence-corrected chi connectivity index (χ1v) is 15.2. The lowest BCUT2D eigenvalue weighted by Gasteiger charge is -2.21. The molecule has 0 aliphatic heterocycles. The van der Waals surface area contributed by atoms with Crippen LogP contribution in [0.1, 0.15) is 5.56 Å². The number of phenolic OH excluding ortho intramolecular Hbond substituents is 2. The van der Waals surface area contributed by atoms with E-state index in [2.05, 4.69) is 67.8 Å². The SMILES string of the molecule is Cc1ccc(Oc2c(O)c(Oc3ccc(I)cc3)c(Oc3ccc(I)cc3)c(O)c2Oc2ccc(I)cc2)cc1. The summed E-state index contributed by atoms with van der Waals surface area (Å²) in [6.45, 7) is 1.96. The van der Waals surface area contributed by atoms with Crippen molar-refractivity contribution in [2.24, 2.45) is 0 Å². The van der Waals surface area contributed by atoms with E-state index in [1.165, 1.54) is 0 Å². The lowest BCUT2D eigenvalue weighted by molar-refractivity contribution is 0.318. The smallest absolute Gasteiger partial charge is 0.219 e. The Labute approximate surface area is 272 Å². The summed E-state index contributed by atoms with van der Waals surface area (Å²) in [7, 11) is 0. The lowest BCUT2D eigenvalue weighted by Crippen LogP contribution is -1.98. The van der Waals surface area contributed by atoms with Crippen molar-refractivity contribution in [1.82, 2.24) is 0 Å². The zero-order valence-corrected chi connectivity index (χ0v) is 27.4. The van der Waals surface area contributed by atoms with Crippen molar-refractivity contribution in [3.63, 3.8) is 0 Å². The molecule has 0 heterocycles. The van der Waals surface area contributed by atoms with E-state index in [0.29, 0.717) is 23.0 Å². The van der Waals surface area contributed by atoms with Crippen molar-refractivity contribution in [3.8, 4) is 57.5 Å². The van der Waals surface area contributed by atoms with Gasteiger partial charge in [-0.3, -0.25) is 0 Å². The second-order valence-corrected chi connectivity index (χ2v) is 12.3. The molecule has 5 aromatic rings. The number of benzene rings is 5. The van der Waals surface area contributed by atoms with Gasteiger partial charge in [0.05, 0.1) is 0 Å². The molecule has 0 bridgehead atoms. The Morgan fingerprint density at radius 1 is 0.400 bits per heavy atom. The van der Waals surface area contributed by atoms with Gasteiger partial charge in [0.25, 0.3) is 0 Å². The summed E-state index contributed by atoms with van der Waals surface area (Å²) in [5.41, 5.74) is 1.04. The van der Waals surface area contributed by atoms with Gasteiger partial charge in [0, 0.05) is 10.7 Å². The Kier molecular flexibility index (Phi) is 9.10. The van der Waals surface area contributed by atoms with Crippen molar-refractivity contribution in [2.45, 2.75) is 6.92 Å². The maximum atomic E-state index is 11.6. The fourth-order valence-corrected chi connectivity index (χ4v) is 4.68. The van der Waals surface area contributed by atoms with E-state index in [0.717, 1.165) is 16.3 Å². The van der Waals surface area contributed by atoms with Crippen molar-refractivity contribution < 1.29 is 29.2 Å². The highest BCUT2D eigenvalue weighted by molar-refractivity contribution is 14.1. The molecule has 0 unspecified atom stereocenters. The molecule has 202 valence electrons. The molecule has 5 aromatic carbocycles. The molecule has 6 nitrogen and oxygen atoms in total. The highest BCUT2D eigenvalue weighted by Crippen LogP contribution is 2.60. The number of ether oxygens (including phenoxy) is 4. The number of phenols is 2. The molecule has 9 heteroatoms. The van der Waals surface area contributed by atoms with Crippen LogP contribution >= 0.6 is 67.8 Å². The molecule has 2 N–H and O–H groups in total. The average Bonchev–Trinajstić information content (AvgIpc) is 2.95. The third kappa shape index (κ3) is 6.86. The van der Waals surface area contributed by atoms with Crippen LogP contribution in [0.15, 0.2) is 97.1 Å². The van der Waals surface area contributed by atoms with Crippen LogP contribution in [0.3, 0.4) is 0 Å². The van der Waals surface area contributed by atoms with Gasteiger partial charge in [0.15, 0.2) is 0 Å². The Morgan fingerprint density at radius 3 is 0.875 bits per heavy atom. The maximum Gasteiger partial charge on any atom is 0.219 e. The number of aryl methyl sites for hydroxylation is 1. The van der Waals surface area contributed by atoms with E-state index in [9.17, 15) is 10.2 Å². The summed E-state index contributed by atoms with van der Waals surface area (Å²) in [6.07, 6.45) is 0. The molecule has 0 fully saturated rings. The van der Waals surface area contributed by atoms with Crippen LogP contribution in [0.5, 0.6) is 57.5 Å². The standard InChI is InChI=1S/C31H21I3O6/c1-18-2-10-22(11-3-18)37-28-26(35)30(39-24-14-6-20(33)7-15-24)31(40-25-16-8-21(34)9-17-25)27(36)29(28)38-23-12-4-19(32)5-13-23/h2-17,35-36H,1H3. The number of hydrogen-bond acceptors (Lipinski definition) is 6. The summed E-state index contributed by atoms with van der Waals surface area (Å²) < 4.78 is 27.5. The first kappa shape index (κ1) is 28.6. The second-order valence-electron chi connectivity index (χ2n) is 8.60. The quantitative estimate of drug-likeness (QED) is 0.120. The summed E-state index contributed by atoms with van der Waals surface area (Å²) >= 11 is 6.58. The van der Waals surface area contributed by atoms with Crippen LogP contribution in [0.25, 0.3) is 0 Å². The van der Waals surface area contributed by atoms with Gasteiger partial charge in [0.2, 0.25) is 34.5 Å². The minimum atomic E-state index is -0.405. The molecule has 40 heavy (non-hydrogen) atoms. The average molecular weight is 870 g/mol. The minimum Gasteiger partial charge on any atom is -0.501 e. The van der Waals surface area contributed by atoms with Gasteiger partial charge in [-0.2, -0.15) is 0 Å². The van der Waals surface area contributed by atoms with Crippen molar-refractivity contribution in [2.75, 3.05) is 0 Å². The monoisotopic (exact) mass is 870 g/mol. The van der Waals surface area contributed by atoms with Gasteiger partial charge in [-0.1, -0.05) is 17.7 Å². The molecular weight excluding hydrogens is 849 g/mol. The molecule has 0 aliphatic rings. The molecule has 0 amide bonds. The summed E-state index contributed by atoms with van der Waals surface area (Å²) in [6, 6.07) is 29.0. The predicted molar refractivity (Wildman–Crippen MR) is 179 cm³/mol. The van der Waals surface area contributed by atoms with E-state index in [4.69, 9.17) is 18.9 Å². The molecule has 0 saturated heterocycles. The number of aromatic hydroxyl groups is 2. The highest BCUT2D eigenvalue weighted by atomic mass is 127. The third-order valence-electron chi connectivity index (χ3n) is 5.61. The number of halogens is 3. The van der Waals surface area contributed by atoms with Crippen molar-refractivity contribution >= 4 is 67.8 Å². The molecule has 0 spiro atoms. The molecule has 0 aromatic heterocycles. The van der Waals surface area contributed by atoms with E-state index < -0.39 is 11.5 Å². The van der Waals surface area contributed by atoms with Crippen LogP contribution in [-0.4, -0.2) is 10.2 Å². The van der Waals surface area contributed by atoms with Crippen LogP contribution < -0.4 is 18.9 Å². The maximum absolute atomic E-state index is 11.6. The van der Waals surface area contributed by atoms with Crippen LogP contribution in [-0.2, 0) is 0 Å². The van der Waals surface area contributed by atoms with Gasteiger partial charge in [-0.15, -0.1) is 0 Å². The zero-order valence-electron chi connectivity index (χ0n) is 20.9. The van der Waals surface area contributed by atoms with Gasteiger partial charge in [0.1, 0.15) is 23.0 Å². The first-order chi connectivity index (χ1) is 19.3. The van der Waals surface area contributed by atoms with Crippen molar-refractivity contribution in [3.05, 3.63) is 113 Å². The second kappa shape index (κ2) is 12.7. The zero-order chi connectivity index (χ0) is 28.2. The predicted octanol–water partition coefficient (Wildman–Crippen LogP) is 10.4. The number of hydrogen-bond donors (Lipinski definition) is 2. The Bertz CT molecular complexity index is 1380. The largest absolute Gasteiger partial charge is 0.501 e. The molecular formula is C31H21I3O6. The Hall–Kier alpha value is -2.91. The van der Waals surface area contributed by atoms with Crippen LogP contribution in [0.2, 0.25) is 0 Å². The fourth-order valence-electron chi connectivity index (χ4n) is 3.60. The molecule has 0 atom stereocenters. The van der Waals surface area contributed by atoms with E-state index >= 15 is 0 Å². The summed E-state index contributed by atoms with van der Waals surface area (Å²) in [4.78, 5) is 0. The van der Waals surface area contributed by atoms with E-state index in [1.807, 2.05) is 55.5 Å². The van der Waals surface area contributed by atoms with E-state index in [-0.39, 0.29) is 23.0 Å². The normalized spacial score (nSPS) is 10.7. The highest BCUT2D eigenvalue weighted by Gasteiger charge is 2.31. The van der Waals surface area contributed by atoms with Gasteiger partial charge >= 0.3 is 0 Å². The number of rotatable bonds is 8. The minimum absolute atomic E-state index is 0.129. The molecule has 0 radical (unpaired) electrons. The molecule has 0 aliphatic carbocycles.